The van der Waals surface area contributed by atoms with Crippen LogP contribution in [0.5, 0.6) is 11.5 Å². The van der Waals surface area contributed by atoms with Crippen molar-refractivity contribution in [2.45, 2.75) is 62.9 Å². The molecule has 2 aliphatic carbocycles. The van der Waals surface area contributed by atoms with E-state index in [1.807, 2.05) is 18.2 Å². The van der Waals surface area contributed by atoms with Crippen molar-refractivity contribution in [1.82, 2.24) is 0 Å². The standard InChI is InChI=1S/C25H26O5S/c1-29-21-8-6-17(16-22(21)30-19-4-2-3-5-19)25(13-10-18(26)11-14-25)15-12-20-7-9-23(31-20)24(27)28/h6-9,16,19H,2-5,10-11,13-14H2,1H3,(H,27,28). The lowest BCUT2D eigenvalue weighted by Crippen LogP contribution is -2.30. The predicted molar refractivity (Wildman–Crippen MR) is 119 cm³/mol. The number of methoxy groups -OCH3 is 1. The molecular formula is C25H26O5S. The van der Waals surface area contributed by atoms with Crippen molar-refractivity contribution < 1.29 is 24.2 Å². The first-order chi connectivity index (χ1) is 15.0. The van der Waals surface area contributed by atoms with Gasteiger partial charge in [0.2, 0.25) is 0 Å². The van der Waals surface area contributed by atoms with Crippen LogP contribution in [0.1, 0.15) is 71.5 Å². The third-order valence-electron chi connectivity index (χ3n) is 6.22. The summed E-state index contributed by atoms with van der Waals surface area (Å²) in [5, 5.41) is 9.17. The first kappa shape index (κ1) is 21.5. The van der Waals surface area contributed by atoms with Crippen LogP contribution in [-0.2, 0) is 10.2 Å². The van der Waals surface area contributed by atoms with Gasteiger partial charge in [-0.15, -0.1) is 11.3 Å². The van der Waals surface area contributed by atoms with E-state index in [4.69, 9.17) is 14.6 Å². The molecule has 1 aromatic heterocycles. The minimum atomic E-state index is -0.945. The fraction of sp³-hybridized carbons (Fsp3) is 0.440. The molecule has 6 heteroatoms. The molecule has 31 heavy (non-hydrogen) atoms. The van der Waals surface area contributed by atoms with Crippen molar-refractivity contribution in [3.05, 3.63) is 45.6 Å². The molecule has 2 aliphatic rings. The van der Waals surface area contributed by atoms with E-state index >= 15 is 0 Å². The Morgan fingerprint density at radius 1 is 1.13 bits per heavy atom. The zero-order chi connectivity index (χ0) is 21.8. The van der Waals surface area contributed by atoms with Crippen LogP contribution in [0.15, 0.2) is 30.3 Å². The zero-order valence-corrected chi connectivity index (χ0v) is 18.4. The summed E-state index contributed by atoms with van der Waals surface area (Å²) >= 11 is 1.17. The molecule has 0 spiro atoms. The van der Waals surface area contributed by atoms with Crippen molar-refractivity contribution in [3.8, 4) is 23.3 Å². The van der Waals surface area contributed by atoms with Crippen LogP contribution in [0.3, 0.4) is 0 Å². The van der Waals surface area contributed by atoms with Gasteiger partial charge < -0.3 is 14.6 Å². The molecule has 2 fully saturated rings. The maximum Gasteiger partial charge on any atom is 0.345 e. The van der Waals surface area contributed by atoms with Crippen LogP contribution in [-0.4, -0.2) is 30.1 Å². The number of Topliss-reactive ketones (excluding diaryl/α,β-unsaturated/α-hetero) is 1. The molecule has 1 heterocycles. The van der Waals surface area contributed by atoms with Crippen molar-refractivity contribution in [2.24, 2.45) is 0 Å². The second kappa shape index (κ2) is 9.15. The molecule has 0 aliphatic heterocycles. The van der Waals surface area contributed by atoms with E-state index in [-0.39, 0.29) is 16.8 Å². The lowest BCUT2D eigenvalue weighted by Gasteiger charge is -2.33. The lowest BCUT2D eigenvalue weighted by molar-refractivity contribution is -0.120. The second-order valence-electron chi connectivity index (χ2n) is 8.23. The molecule has 162 valence electrons. The zero-order valence-electron chi connectivity index (χ0n) is 17.6. The van der Waals surface area contributed by atoms with Gasteiger partial charge in [0, 0.05) is 12.8 Å². The Kier molecular flexibility index (Phi) is 6.33. The molecule has 0 radical (unpaired) electrons. The van der Waals surface area contributed by atoms with Gasteiger partial charge in [-0.3, -0.25) is 4.79 Å². The van der Waals surface area contributed by atoms with Gasteiger partial charge in [-0.05, 0) is 68.4 Å². The number of aromatic carboxylic acids is 1. The SMILES string of the molecule is COc1ccc(C2(C#Cc3ccc(C(=O)O)s3)CCC(=O)CC2)cc1OC1CCCC1. The Morgan fingerprint density at radius 2 is 1.87 bits per heavy atom. The van der Waals surface area contributed by atoms with E-state index < -0.39 is 11.4 Å². The highest BCUT2D eigenvalue weighted by Crippen LogP contribution is 2.42. The highest BCUT2D eigenvalue weighted by atomic mass is 32.1. The Balaban J connectivity index is 1.69. The summed E-state index contributed by atoms with van der Waals surface area (Å²) in [4.78, 5) is 24.1. The van der Waals surface area contributed by atoms with Crippen molar-refractivity contribution in [2.75, 3.05) is 7.11 Å². The summed E-state index contributed by atoms with van der Waals surface area (Å²) in [5.74, 6) is 7.36. The maximum absolute atomic E-state index is 12.0. The van der Waals surface area contributed by atoms with Gasteiger partial charge in [0.15, 0.2) is 11.5 Å². The van der Waals surface area contributed by atoms with E-state index in [0.29, 0.717) is 36.3 Å². The second-order valence-corrected chi connectivity index (χ2v) is 9.31. The number of benzene rings is 1. The smallest absolute Gasteiger partial charge is 0.345 e. The number of carboxylic acids is 1. The molecule has 1 N–H and O–H groups in total. The van der Waals surface area contributed by atoms with Gasteiger partial charge in [0.05, 0.1) is 23.5 Å². The van der Waals surface area contributed by atoms with Crippen LogP contribution in [0.4, 0.5) is 0 Å². The van der Waals surface area contributed by atoms with E-state index in [1.54, 1.807) is 19.2 Å². The van der Waals surface area contributed by atoms with Crippen molar-refractivity contribution in [3.63, 3.8) is 0 Å². The third-order valence-corrected chi connectivity index (χ3v) is 7.20. The summed E-state index contributed by atoms with van der Waals surface area (Å²) in [7, 11) is 1.64. The first-order valence-electron chi connectivity index (χ1n) is 10.7. The summed E-state index contributed by atoms with van der Waals surface area (Å²) in [6.45, 7) is 0. The average Bonchev–Trinajstić information content (AvgIpc) is 3.46. The van der Waals surface area contributed by atoms with Gasteiger partial charge >= 0.3 is 5.97 Å². The average molecular weight is 439 g/mol. The highest BCUT2D eigenvalue weighted by Gasteiger charge is 2.36. The fourth-order valence-corrected chi connectivity index (χ4v) is 5.09. The van der Waals surface area contributed by atoms with Gasteiger partial charge in [-0.25, -0.2) is 4.79 Å². The molecule has 4 rings (SSSR count). The topological polar surface area (TPSA) is 72.8 Å². The minimum absolute atomic E-state index is 0.208. The number of ether oxygens (including phenoxy) is 2. The Hall–Kier alpha value is -2.78. The van der Waals surface area contributed by atoms with Gasteiger partial charge in [-0.2, -0.15) is 0 Å². The van der Waals surface area contributed by atoms with E-state index in [1.165, 1.54) is 24.2 Å². The Bertz CT molecular complexity index is 1030. The number of hydrogen-bond acceptors (Lipinski definition) is 5. The maximum atomic E-state index is 12.0. The van der Waals surface area contributed by atoms with Crippen molar-refractivity contribution >= 4 is 23.1 Å². The molecule has 0 bridgehead atoms. The molecule has 1 aromatic carbocycles. The first-order valence-corrected chi connectivity index (χ1v) is 11.5. The van der Waals surface area contributed by atoms with Crippen molar-refractivity contribution in [1.29, 1.82) is 0 Å². The number of carbonyl (C=O) groups excluding carboxylic acids is 1. The molecule has 0 amide bonds. The number of rotatable bonds is 5. The normalized spacial score (nSPS) is 18.3. The Morgan fingerprint density at radius 3 is 2.52 bits per heavy atom. The number of carboxylic acid groups (broad SMARTS) is 1. The summed E-state index contributed by atoms with van der Waals surface area (Å²) in [6, 6.07) is 9.29. The number of ketones is 1. The van der Waals surface area contributed by atoms with Gasteiger partial charge in [0.25, 0.3) is 0 Å². The molecule has 0 unspecified atom stereocenters. The number of hydrogen-bond donors (Lipinski definition) is 1. The van der Waals surface area contributed by atoms with Crippen LogP contribution in [0.25, 0.3) is 0 Å². The summed E-state index contributed by atoms with van der Waals surface area (Å²) < 4.78 is 11.8. The van der Waals surface area contributed by atoms with E-state index in [9.17, 15) is 9.59 Å². The molecule has 0 atom stereocenters. The molecule has 0 saturated heterocycles. The number of thiophene rings is 1. The predicted octanol–water partition coefficient (Wildman–Crippen LogP) is 5.21. The molecule has 2 aromatic rings. The van der Waals surface area contributed by atoms with Gasteiger partial charge in [0.1, 0.15) is 10.7 Å². The third kappa shape index (κ3) is 4.77. The highest BCUT2D eigenvalue weighted by molar-refractivity contribution is 7.14. The fourth-order valence-electron chi connectivity index (χ4n) is 4.39. The lowest BCUT2D eigenvalue weighted by atomic mass is 9.69. The molecule has 2 saturated carbocycles. The van der Waals surface area contributed by atoms with Crippen LogP contribution in [0, 0.1) is 11.8 Å². The minimum Gasteiger partial charge on any atom is -0.493 e. The van der Waals surface area contributed by atoms with Gasteiger partial charge in [-0.1, -0.05) is 17.9 Å². The van der Waals surface area contributed by atoms with Crippen LogP contribution < -0.4 is 9.47 Å². The molecular weight excluding hydrogens is 412 g/mol. The largest absolute Gasteiger partial charge is 0.493 e. The number of carbonyl (C=O) groups is 2. The van der Waals surface area contributed by atoms with Crippen LogP contribution in [0.2, 0.25) is 0 Å². The Labute approximate surface area is 186 Å². The van der Waals surface area contributed by atoms with Crippen LogP contribution >= 0.6 is 11.3 Å². The van der Waals surface area contributed by atoms with E-state index in [2.05, 4.69) is 11.8 Å². The quantitative estimate of drug-likeness (QED) is 0.649. The molecule has 5 nitrogen and oxygen atoms in total. The summed E-state index contributed by atoms with van der Waals surface area (Å²) in [5.41, 5.74) is 0.553. The van der Waals surface area contributed by atoms with E-state index in [0.717, 1.165) is 24.2 Å². The summed E-state index contributed by atoms with van der Waals surface area (Å²) in [6.07, 6.45) is 6.95. The monoisotopic (exact) mass is 438 g/mol.